The number of fused-ring (bicyclic) bond motifs is 1. The van der Waals surface area contributed by atoms with Crippen LogP contribution >= 0.6 is 11.6 Å². The Hall–Kier alpha value is -3.24. The van der Waals surface area contributed by atoms with E-state index in [1.165, 1.54) is 13.0 Å². The van der Waals surface area contributed by atoms with Crippen LogP contribution in [0.5, 0.6) is 0 Å². The van der Waals surface area contributed by atoms with Crippen molar-refractivity contribution in [2.24, 2.45) is 17.6 Å². The molecule has 41 heavy (non-hydrogen) atoms. The number of aryl methyl sites for hydroxylation is 1. The Morgan fingerprint density at radius 1 is 1.27 bits per heavy atom. The fourth-order valence-electron chi connectivity index (χ4n) is 5.26. The van der Waals surface area contributed by atoms with E-state index in [-0.39, 0.29) is 47.0 Å². The van der Waals surface area contributed by atoms with E-state index in [2.05, 4.69) is 15.1 Å². The van der Waals surface area contributed by atoms with Crippen LogP contribution in [0.4, 0.5) is 31.8 Å². The van der Waals surface area contributed by atoms with E-state index in [9.17, 15) is 18.7 Å². The maximum atomic E-state index is 14.4. The third-order valence-electron chi connectivity index (χ3n) is 7.80. The van der Waals surface area contributed by atoms with Gasteiger partial charge in [0, 0.05) is 43.7 Å². The fourth-order valence-corrected chi connectivity index (χ4v) is 5.45. The molecule has 5 rings (SSSR count). The first-order valence-corrected chi connectivity index (χ1v) is 13.9. The molecule has 0 amide bonds. The number of anilines is 3. The number of benzene rings is 1. The number of piperidine rings is 1. The number of nitrogens with zero attached hydrogens (tertiary/aromatic N) is 5. The Kier molecular flexibility index (Phi) is 7.76. The molecule has 2 fully saturated rings. The maximum absolute atomic E-state index is 14.4. The number of pyridine rings is 1. The number of rotatable bonds is 8. The van der Waals surface area contributed by atoms with Gasteiger partial charge in [0.25, 0.3) is 5.92 Å². The molecule has 0 aliphatic carbocycles. The van der Waals surface area contributed by atoms with Crippen LogP contribution in [0.15, 0.2) is 29.1 Å². The van der Waals surface area contributed by atoms with Gasteiger partial charge in [-0.2, -0.15) is 0 Å². The number of alkyl halides is 2. The molecular weight excluding hydrogens is 556 g/mol. The molecule has 220 valence electrons. The molecule has 4 N–H and O–H groups in total. The van der Waals surface area contributed by atoms with Crippen molar-refractivity contribution in [1.29, 1.82) is 0 Å². The van der Waals surface area contributed by atoms with Crippen LogP contribution in [0.25, 0.3) is 15.9 Å². The molecular formula is C28H34ClF2N7O3. The highest BCUT2D eigenvalue weighted by Crippen LogP contribution is 2.40. The van der Waals surface area contributed by atoms with E-state index >= 15 is 0 Å². The van der Waals surface area contributed by atoms with Crippen LogP contribution < -0.4 is 21.6 Å². The number of halogens is 3. The van der Waals surface area contributed by atoms with Gasteiger partial charge in [0.15, 0.2) is 0 Å². The van der Waals surface area contributed by atoms with Gasteiger partial charge in [-0.15, -0.1) is 0 Å². The highest BCUT2D eigenvalue weighted by Gasteiger charge is 2.48. The van der Waals surface area contributed by atoms with Crippen molar-refractivity contribution in [1.82, 2.24) is 14.1 Å². The highest BCUT2D eigenvalue weighted by atomic mass is 35.5. The van der Waals surface area contributed by atoms with Crippen LogP contribution in [0.1, 0.15) is 27.2 Å². The zero-order valence-corrected chi connectivity index (χ0v) is 24.0. The Morgan fingerprint density at radius 3 is 2.61 bits per heavy atom. The summed E-state index contributed by atoms with van der Waals surface area (Å²) in [6, 6.07) is 5.51. The molecule has 0 bridgehead atoms. The van der Waals surface area contributed by atoms with Crippen molar-refractivity contribution in [3.05, 3.63) is 51.2 Å². The van der Waals surface area contributed by atoms with Crippen molar-refractivity contribution in [2.75, 3.05) is 36.5 Å². The van der Waals surface area contributed by atoms with Gasteiger partial charge in [-0.3, -0.25) is 9.13 Å². The third kappa shape index (κ3) is 5.77. The summed E-state index contributed by atoms with van der Waals surface area (Å²) in [6.45, 7) is 14.3. The minimum Gasteiger partial charge on any atom is -0.390 e. The number of imidazole rings is 1. The number of aromatic nitrogens is 3. The summed E-state index contributed by atoms with van der Waals surface area (Å²) in [7, 11) is 0. The number of aliphatic hydroxyl groups is 1. The first kappa shape index (κ1) is 29.3. The summed E-state index contributed by atoms with van der Waals surface area (Å²) in [5.74, 6) is -3.34. The van der Waals surface area contributed by atoms with Crippen molar-refractivity contribution in [2.45, 2.75) is 57.8 Å². The summed E-state index contributed by atoms with van der Waals surface area (Å²) in [5.41, 5.74) is 6.83. The van der Waals surface area contributed by atoms with Gasteiger partial charge in [0.1, 0.15) is 11.6 Å². The lowest BCUT2D eigenvalue weighted by molar-refractivity contribution is -0.0806. The minimum atomic E-state index is -3.03. The molecule has 0 spiro atoms. The Morgan fingerprint density at radius 2 is 2.00 bits per heavy atom. The summed E-state index contributed by atoms with van der Waals surface area (Å²) in [4.78, 5) is 23.1. The molecule has 0 radical (unpaired) electrons. The van der Waals surface area contributed by atoms with Gasteiger partial charge in [-0.25, -0.2) is 23.4 Å². The molecule has 3 aromatic rings. The van der Waals surface area contributed by atoms with E-state index in [0.717, 1.165) is 5.52 Å². The second kappa shape index (κ2) is 10.9. The second-order valence-corrected chi connectivity index (χ2v) is 12.1. The van der Waals surface area contributed by atoms with E-state index in [4.69, 9.17) is 28.6 Å². The van der Waals surface area contributed by atoms with Crippen LogP contribution in [0.3, 0.4) is 0 Å². The average Bonchev–Trinajstić information content (AvgIpc) is 3.13. The molecule has 2 aliphatic heterocycles. The molecule has 1 aromatic carbocycles. The number of nitrogens with one attached hydrogen (secondary N) is 1. The van der Waals surface area contributed by atoms with Gasteiger partial charge in [0.2, 0.25) is 5.69 Å². The lowest BCUT2D eigenvalue weighted by atomic mass is 9.91. The van der Waals surface area contributed by atoms with Crippen molar-refractivity contribution < 1.29 is 18.6 Å². The Balaban J connectivity index is 1.50. The molecule has 0 unspecified atom stereocenters. The number of nitrogens with two attached hydrogens (primary N) is 1. The Labute approximate surface area is 241 Å². The molecule has 4 heterocycles. The standard InChI is InChI=1S/C28H34ClF2N7O3/c1-16-11-36(13-23(32)28(16,30)31)25-20(33-4)10-19(29)24(35-25)34-18-5-6-21-22(9-18)37(8-7-27(2,3)40)26(39)38(21)12-17-14-41-15-17/h5-6,9-10,16-17,23,40H,7-8,11-15,32H2,1-3H3,(H,34,35)/t16-,23+/m0/s1. The predicted octanol–water partition coefficient (Wildman–Crippen LogP) is 4.37. The zero-order chi connectivity index (χ0) is 29.7. The normalized spacial score (nSPS) is 21.1. The van der Waals surface area contributed by atoms with Gasteiger partial charge in [0.05, 0.1) is 47.5 Å². The molecule has 10 nitrogen and oxygen atoms in total. The van der Waals surface area contributed by atoms with Crippen LogP contribution in [-0.2, 0) is 17.8 Å². The van der Waals surface area contributed by atoms with Gasteiger partial charge < -0.3 is 25.8 Å². The monoisotopic (exact) mass is 589 g/mol. The molecule has 0 saturated carbocycles. The van der Waals surface area contributed by atoms with Crippen molar-refractivity contribution in [3.8, 4) is 0 Å². The molecule has 2 aliphatic rings. The molecule has 2 saturated heterocycles. The fraction of sp³-hybridized carbons (Fsp3) is 0.536. The van der Waals surface area contributed by atoms with Crippen molar-refractivity contribution in [3.63, 3.8) is 0 Å². The van der Waals surface area contributed by atoms with Crippen LogP contribution in [-0.4, -0.2) is 63.1 Å². The topological polar surface area (TPSA) is 115 Å². The van der Waals surface area contributed by atoms with E-state index in [0.29, 0.717) is 43.9 Å². The molecule has 13 heteroatoms. The van der Waals surface area contributed by atoms with Gasteiger partial charge in [-0.1, -0.05) is 18.5 Å². The SMILES string of the molecule is [C-]#[N+]c1cc(Cl)c(Nc2ccc3c(c2)n(CCC(C)(C)O)c(=O)n3CC2COC2)nc1N1C[C@@H](N)C(F)(F)[C@@H](C)C1. The van der Waals surface area contributed by atoms with E-state index in [1.807, 2.05) is 12.1 Å². The number of ether oxygens (including phenoxy) is 1. The first-order valence-electron chi connectivity index (χ1n) is 13.5. The quantitative estimate of drug-likeness (QED) is 0.334. The first-order chi connectivity index (χ1) is 19.3. The summed E-state index contributed by atoms with van der Waals surface area (Å²) < 4.78 is 37.5. The molecule has 2 atom stereocenters. The second-order valence-electron chi connectivity index (χ2n) is 11.7. The highest BCUT2D eigenvalue weighted by molar-refractivity contribution is 6.33. The lowest BCUT2D eigenvalue weighted by Gasteiger charge is -2.41. The third-order valence-corrected chi connectivity index (χ3v) is 8.08. The van der Waals surface area contributed by atoms with Crippen molar-refractivity contribution >= 4 is 45.6 Å². The smallest absolute Gasteiger partial charge is 0.329 e. The lowest BCUT2D eigenvalue weighted by Crippen LogP contribution is -2.60. The zero-order valence-electron chi connectivity index (χ0n) is 23.2. The van der Waals surface area contributed by atoms with Gasteiger partial charge >= 0.3 is 5.69 Å². The van der Waals surface area contributed by atoms with E-state index < -0.39 is 23.5 Å². The number of hydrogen-bond acceptors (Lipinski definition) is 7. The summed E-state index contributed by atoms with van der Waals surface area (Å²) in [5, 5.41) is 13.7. The molecule has 2 aromatic heterocycles. The number of hydrogen-bond donors (Lipinski definition) is 3. The Bertz CT molecular complexity index is 1540. The van der Waals surface area contributed by atoms with Crippen LogP contribution in [0, 0.1) is 18.4 Å². The minimum absolute atomic E-state index is 0.0176. The van der Waals surface area contributed by atoms with E-state index in [1.54, 1.807) is 33.9 Å². The van der Waals surface area contributed by atoms with Crippen LogP contribution in [0.2, 0.25) is 5.02 Å². The largest absolute Gasteiger partial charge is 0.390 e. The predicted molar refractivity (Wildman–Crippen MR) is 155 cm³/mol. The summed E-state index contributed by atoms with van der Waals surface area (Å²) >= 11 is 6.50. The average molecular weight is 590 g/mol. The van der Waals surface area contributed by atoms with Gasteiger partial charge in [-0.05, 0) is 44.5 Å². The summed E-state index contributed by atoms with van der Waals surface area (Å²) in [6.07, 6.45) is 0.375. The maximum Gasteiger partial charge on any atom is 0.329 e.